The van der Waals surface area contributed by atoms with Crippen molar-refractivity contribution in [3.05, 3.63) is 54.1 Å². The Balaban J connectivity index is 1.61. The highest BCUT2D eigenvalue weighted by Gasteiger charge is 2.35. The van der Waals surface area contributed by atoms with Gasteiger partial charge in [-0.15, -0.1) is 13.2 Å². The maximum Gasteiger partial charge on any atom is 0.573 e. The summed E-state index contributed by atoms with van der Waals surface area (Å²) >= 11 is 0. The van der Waals surface area contributed by atoms with E-state index in [4.69, 9.17) is 0 Å². The molecule has 1 N–H and O–H groups in total. The van der Waals surface area contributed by atoms with E-state index >= 15 is 0 Å². The second kappa shape index (κ2) is 7.30. The number of ether oxygens (including phenoxy) is 1. The van der Waals surface area contributed by atoms with Gasteiger partial charge in [-0.1, -0.05) is 17.7 Å². The number of carbonyl (C=O) groups excluding carboxylic acids is 2. The van der Waals surface area contributed by atoms with Crippen molar-refractivity contribution in [1.29, 1.82) is 0 Å². The minimum atomic E-state index is -4.77. The molecule has 0 aromatic heterocycles. The predicted octanol–water partition coefficient (Wildman–Crippen LogP) is 3.89. The minimum absolute atomic E-state index is 0.0784. The summed E-state index contributed by atoms with van der Waals surface area (Å²) in [7, 11) is 0. The van der Waals surface area contributed by atoms with Gasteiger partial charge in [0.2, 0.25) is 11.8 Å². The number of halogens is 3. The molecule has 0 unspecified atom stereocenters. The fourth-order valence-electron chi connectivity index (χ4n) is 2.84. The van der Waals surface area contributed by atoms with Crippen molar-refractivity contribution in [2.45, 2.75) is 19.7 Å². The lowest BCUT2D eigenvalue weighted by Gasteiger charge is -2.17. The van der Waals surface area contributed by atoms with Crippen LogP contribution in [-0.4, -0.2) is 24.7 Å². The molecule has 3 rings (SSSR count). The molecule has 0 bridgehead atoms. The van der Waals surface area contributed by atoms with Crippen LogP contribution in [0.4, 0.5) is 24.5 Å². The maximum absolute atomic E-state index is 12.4. The smallest absolute Gasteiger partial charge is 0.406 e. The van der Waals surface area contributed by atoms with Crippen molar-refractivity contribution < 1.29 is 27.5 Å². The zero-order valence-electron chi connectivity index (χ0n) is 14.4. The van der Waals surface area contributed by atoms with Crippen molar-refractivity contribution in [3.8, 4) is 5.75 Å². The summed E-state index contributed by atoms with van der Waals surface area (Å²) < 4.78 is 40.3. The third kappa shape index (κ3) is 4.78. The van der Waals surface area contributed by atoms with Crippen LogP contribution in [0.15, 0.2) is 48.5 Å². The fraction of sp³-hybridized carbons (Fsp3) is 0.263. The van der Waals surface area contributed by atoms with Crippen molar-refractivity contribution in [3.63, 3.8) is 0 Å². The topological polar surface area (TPSA) is 58.6 Å². The van der Waals surface area contributed by atoms with Gasteiger partial charge in [0.25, 0.3) is 0 Å². The van der Waals surface area contributed by atoms with Crippen LogP contribution < -0.4 is 15.0 Å². The molecule has 0 radical (unpaired) electrons. The molecule has 2 amide bonds. The highest BCUT2D eigenvalue weighted by atomic mass is 19.4. The Bertz CT molecular complexity index is 833. The first-order valence-electron chi connectivity index (χ1n) is 8.25. The van der Waals surface area contributed by atoms with Gasteiger partial charge >= 0.3 is 6.36 Å². The van der Waals surface area contributed by atoms with Gasteiger partial charge in [-0.25, -0.2) is 0 Å². The first-order valence-corrected chi connectivity index (χ1v) is 8.25. The van der Waals surface area contributed by atoms with Crippen molar-refractivity contribution >= 4 is 23.2 Å². The Hall–Kier alpha value is -3.03. The SMILES string of the molecule is Cc1ccc(N2C[C@@H](C(=O)Nc3ccc(OC(F)(F)F)cc3)CC2=O)cc1. The van der Waals surface area contributed by atoms with Crippen LogP contribution in [0.25, 0.3) is 0 Å². The predicted molar refractivity (Wildman–Crippen MR) is 93.4 cm³/mol. The second-order valence-electron chi connectivity index (χ2n) is 6.30. The summed E-state index contributed by atoms with van der Waals surface area (Å²) in [6.07, 6.45) is -4.69. The Morgan fingerprint density at radius 2 is 1.74 bits per heavy atom. The van der Waals surface area contributed by atoms with Gasteiger partial charge in [-0.05, 0) is 43.3 Å². The molecule has 5 nitrogen and oxygen atoms in total. The Kier molecular flexibility index (Phi) is 5.07. The van der Waals surface area contributed by atoms with Crippen molar-refractivity contribution in [1.82, 2.24) is 0 Å². The molecular formula is C19H17F3N2O3. The molecule has 1 atom stereocenters. The number of carbonyl (C=O) groups is 2. The molecule has 27 heavy (non-hydrogen) atoms. The standard InChI is InChI=1S/C19H17F3N2O3/c1-12-2-6-15(7-3-12)24-11-13(10-17(24)25)18(26)23-14-4-8-16(9-5-14)27-19(20,21)22/h2-9,13H,10-11H2,1H3,(H,23,26)/t13-/m0/s1. The van der Waals surface area contributed by atoms with Gasteiger partial charge < -0.3 is 15.0 Å². The van der Waals surface area contributed by atoms with E-state index in [1.165, 1.54) is 12.1 Å². The Labute approximate surface area is 153 Å². The number of benzene rings is 2. The molecular weight excluding hydrogens is 361 g/mol. The van der Waals surface area contributed by atoms with Crippen molar-refractivity contribution in [2.75, 3.05) is 16.8 Å². The molecule has 0 spiro atoms. The first-order chi connectivity index (χ1) is 12.7. The molecule has 2 aromatic rings. The number of rotatable bonds is 4. The third-order valence-electron chi connectivity index (χ3n) is 4.20. The average molecular weight is 378 g/mol. The van der Waals surface area contributed by atoms with E-state index < -0.39 is 12.3 Å². The Morgan fingerprint density at radius 1 is 1.11 bits per heavy atom. The number of anilines is 2. The fourth-order valence-corrected chi connectivity index (χ4v) is 2.84. The van der Waals surface area contributed by atoms with E-state index in [0.717, 1.165) is 23.4 Å². The summed E-state index contributed by atoms with van der Waals surface area (Å²) in [5.74, 6) is -1.41. The van der Waals surface area contributed by atoms with Crippen LogP contribution in [0.2, 0.25) is 0 Å². The van der Waals surface area contributed by atoms with Gasteiger partial charge in [0.1, 0.15) is 5.75 Å². The van der Waals surface area contributed by atoms with Crippen LogP contribution >= 0.6 is 0 Å². The molecule has 1 aliphatic rings. The highest BCUT2D eigenvalue weighted by Crippen LogP contribution is 2.27. The number of nitrogens with one attached hydrogen (secondary N) is 1. The lowest BCUT2D eigenvalue weighted by Crippen LogP contribution is -2.28. The summed E-state index contributed by atoms with van der Waals surface area (Å²) in [6.45, 7) is 2.19. The molecule has 1 saturated heterocycles. The molecule has 1 fully saturated rings. The molecule has 0 saturated carbocycles. The van der Waals surface area contributed by atoms with Crippen LogP contribution in [0.1, 0.15) is 12.0 Å². The molecule has 1 heterocycles. The highest BCUT2D eigenvalue weighted by molar-refractivity contribution is 6.03. The van der Waals surface area contributed by atoms with E-state index in [9.17, 15) is 22.8 Å². The van der Waals surface area contributed by atoms with Crippen LogP contribution in [0.5, 0.6) is 5.75 Å². The lowest BCUT2D eigenvalue weighted by molar-refractivity contribution is -0.274. The van der Waals surface area contributed by atoms with Gasteiger partial charge in [-0.3, -0.25) is 9.59 Å². The zero-order valence-corrected chi connectivity index (χ0v) is 14.4. The van der Waals surface area contributed by atoms with E-state index in [1.54, 1.807) is 4.90 Å². The average Bonchev–Trinajstić information content (AvgIpc) is 2.98. The van der Waals surface area contributed by atoms with Crippen LogP contribution in [0, 0.1) is 12.8 Å². The number of nitrogens with zero attached hydrogens (tertiary/aromatic N) is 1. The Morgan fingerprint density at radius 3 is 2.33 bits per heavy atom. The molecule has 142 valence electrons. The number of hydrogen-bond donors (Lipinski definition) is 1. The quantitative estimate of drug-likeness (QED) is 0.878. The van der Waals surface area contributed by atoms with E-state index in [2.05, 4.69) is 10.1 Å². The summed E-state index contributed by atoms with van der Waals surface area (Å²) in [6, 6.07) is 12.3. The maximum atomic E-state index is 12.4. The van der Waals surface area contributed by atoms with Crippen LogP contribution in [0.3, 0.4) is 0 Å². The number of hydrogen-bond acceptors (Lipinski definition) is 3. The van der Waals surface area contributed by atoms with Gasteiger partial charge in [0, 0.05) is 24.3 Å². The van der Waals surface area contributed by atoms with E-state index in [-0.39, 0.29) is 30.5 Å². The molecule has 0 aliphatic carbocycles. The van der Waals surface area contributed by atoms with Gasteiger partial charge in [-0.2, -0.15) is 0 Å². The summed E-state index contributed by atoms with van der Waals surface area (Å²) in [4.78, 5) is 26.2. The molecule has 2 aromatic carbocycles. The minimum Gasteiger partial charge on any atom is -0.406 e. The van der Waals surface area contributed by atoms with Crippen molar-refractivity contribution in [2.24, 2.45) is 5.92 Å². The first kappa shape index (κ1) is 18.8. The second-order valence-corrected chi connectivity index (χ2v) is 6.30. The lowest BCUT2D eigenvalue weighted by atomic mass is 10.1. The zero-order chi connectivity index (χ0) is 19.6. The van der Waals surface area contributed by atoms with Gasteiger partial charge in [0.15, 0.2) is 0 Å². The van der Waals surface area contributed by atoms with Gasteiger partial charge in [0.05, 0.1) is 5.92 Å². The third-order valence-corrected chi connectivity index (χ3v) is 4.20. The summed E-state index contributed by atoms with van der Waals surface area (Å²) in [5, 5.41) is 2.62. The number of amides is 2. The largest absolute Gasteiger partial charge is 0.573 e. The monoisotopic (exact) mass is 378 g/mol. The molecule has 8 heteroatoms. The van der Waals surface area contributed by atoms with Crippen LogP contribution in [-0.2, 0) is 9.59 Å². The summed E-state index contributed by atoms with van der Waals surface area (Å²) in [5.41, 5.74) is 2.13. The number of aryl methyl sites for hydroxylation is 1. The number of alkyl halides is 3. The normalized spacial score (nSPS) is 17.1. The van der Waals surface area contributed by atoms with E-state index in [1.807, 2.05) is 31.2 Å². The molecule has 1 aliphatic heterocycles. The van der Waals surface area contributed by atoms with E-state index in [0.29, 0.717) is 5.69 Å².